The van der Waals surface area contributed by atoms with Crippen LogP contribution in [0.5, 0.6) is 11.5 Å². The number of nitrogens with one attached hydrogen (secondary N) is 2. The number of nitrogens with zero attached hydrogens (tertiary/aromatic N) is 1. The third-order valence-corrected chi connectivity index (χ3v) is 7.24. The minimum atomic E-state index is -1.50. The van der Waals surface area contributed by atoms with E-state index in [1.165, 1.54) is 11.8 Å². The first-order chi connectivity index (χ1) is 15.8. The van der Waals surface area contributed by atoms with Crippen molar-refractivity contribution in [2.45, 2.75) is 31.2 Å². The minimum Gasteiger partial charge on any atom is -0.454 e. The molecule has 4 aliphatic heterocycles. The van der Waals surface area contributed by atoms with E-state index in [0.29, 0.717) is 33.3 Å². The van der Waals surface area contributed by atoms with Gasteiger partial charge in [-0.2, -0.15) is 0 Å². The molecule has 0 radical (unpaired) electrons. The molecule has 2 aromatic rings. The molecule has 0 aliphatic carbocycles. The van der Waals surface area contributed by atoms with Crippen LogP contribution < -0.4 is 20.1 Å². The van der Waals surface area contributed by atoms with Crippen LogP contribution in [-0.4, -0.2) is 46.7 Å². The van der Waals surface area contributed by atoms with E-state index < -0.39 is 47.2 Å². The number of fused-ring (bicyclic) bond motifs is 5. The summed E-state index contributed by atoms with van der Waals surface area (Å²) in [7, 11) is 0. The molecule has 5 atom stereocenters. The van der Waals surface area contributed by atoms with Gasteiger partial charge in [-0.25, -0.2) is 0 Å². The molecule has 3 N–H and O–H groups in total. The molecular formula is C23H20ClN3O6. The lowest BCUT2D eigenvalue weighted by atomic mass is 9.76. The molecule has 3 unspecified atom stereocenters. The smallest absolute Gasteiger partial charge is 0.250 e. The Bertz CT molecular complexity index is 1230. The van der Waals surface area contributed by atoms with Crippen LogP contribution in [-0.2, 0) is 26.5 Å². The van der Waals surface area contributed by atoms with Crippen LogP contribution >= 0.6 is 11.6 Å². The average Bonchev–Trinajstić information content (AvgIpc) is 3.51. The second-order valence-corrected chi connectivity index (χ2v) is 9.25. The van der Waals surface area contributed by atoms with E-state index in [4.69, 9.17) is 21.1 Å². The molecule has 33 heavy (non-hydrogen) atoms. The fourth-order valence-corrected chi connectivity index (χ4v) is 5.73. The number of carbonyl (C=O) groups is 3. The van der Waals surface area contributed by atoms with E-state index in [1.807, 2.05) is 0 Å². The van der Waals surface area contributed by atoms with Crippen LogP contribution in [0.4, 0.5) is 5.69 Å². The predicted octanol–water partition coefficient (Wildman–Crippen LogP) is 1.37. The van der Waals surface area contributed by atoms with E-state index in [9.17, 15) is 19.5 Å². The Morgan fingerprint density at radius 1 is 1.15 bits per heavy atom. The summed E-state index contributed by atoms with van der Waals surface area (Å²) in [5.41, 5.74) is 0.222. The number of likely N-dealkylation sites (tertiary alicyclic amines) is 1. The number of halogens is 1. The van der Waals surface area contributed by atoms with Crippen LogP contribution in [0.3, 0.4) is 0 Å². The highest BCUT2D eigenvalue weighted by atomic mass is 35.5. The van der Waals surface area contributed by atoms with Crippen molar-refractivity contribution in [3.05, 3.63) is 52.5 Å². The summed E-state index contributed by atoms with van der Waals surface area (Å²) in [4.78, 5) is 41.7. The van der Waals surface area contributed by atoms with Gasteiger partial charge >= 0.3 is 0 Å². The molecule has 3 amide bonds. The molecule has 170 valence electrons. The lowest BCUT2D eigenvalue weighted by molar-refractivity contribution is -0.143. The first-order valence-corrected chi connectivity index (χ1v) is 11.0. The number of amides is 3. The summed E-state index contributed by atoms with van der Waals surface area (Å²) in [6, 6.07) is 9.38. The Hall–Kier alpha value is -3.14. The molecule has 2 aromatic carbocycles. The number of hydrogen-bond acceptors (Lipinski definition) is 7. The maximum Gasteiger partial charge on any atom is 0.250 e. The molecule has 10 heteroatoms. The number of ether oxygens (including phenoxy) is 2. The molecule has 2 saturated heterocycles. The maximum atomic E-state index is 13.7. The molecule has 4 aliphatic rings. The summed E-state index contributed by atoms with van der Waals surface area (Å²) in [6.45, 7) is 1.68. The monoisotopic (exact) mass is 469 g/mol. The Balaban J connectivity index is 1.42. The van der Waals surface area contributed by atoms with E-state index >= 15 is 0 Å². The van der Waals surface area contributed by atoms with Crippen molar-refractivity contribution in [2.75, 3.05) is 12.1 Å². The van der Waals surface area contributed by atoms with Crippen LogP contribution in [0.2, 0.25) is 5.02 Å². The zero-order chi connectivity index (χ0) is 23.1. The molecule has 9 nitrogen and oxygen atoms in total. The average molecular weight is 470 g/mol. The zero-order valence-electron chi connectivity index (χ0n) is 17.5. The lowest BCUT2D eigenvalue weighted by Gasteiger charge is -2.30. The van der Waals surface area contributed by atoms with E-state index in [1.54, 1.807) is 36.4 Å². The summed E-state index contributed by atoms with van der Waals surface area (Å²) >= 11 is 6.22. The predicted molar refractivity (Wildman–Crippen MR) is 115 cm³/mol. The Labute approximate surface area is 193 Å². The molecule has 0 saturated carbocycles. The molecule has 6 rings (SSSR count). The Morgan fingerprint density at radius 2 is 1.94 bits per heavy atom. The van der Waals surface area contributed by atoms with Crippen LogP contribution in [0.1, 0.15) is 18.1 Å². The van der Waals surface area contributed by atoms with Gasteiger partial charge in [0.2, 0.25) is 24.5 Å². The van der Waals surface area contributed by atoms with Crippen LogP contribution in [0, 0.1) is 11.8 Å². The van der Waals surface area contributed by atoms with Gasteiger partial charge in [0.05, 0.1) is 24.5 Å². The highest BCUT2D eigenvalue weighted by Gasteiger charge is 2.71. The van der Waals surface area contributed by atoms with Crippen LogP contribution in [0.15, 0.2) is 36.4 Å². The van der Waals surface area contributed by atoms with Gasteiger partial charge in [0.15, 0.2) is 11.5 Å². The topological polar surface area (TPSA) is 117 Å². The minimum absolute atomic E-state index is 0.0218. The van der Waals surface area contributed by atoms with Gasteiger partial charge in [-0.15, -0.1) is 0 Å². The summed E-state index contributed by atoms with van der Waals surface area (Å²) in [5.74, 6) is -2.11. The molecule has 0 aromatic heterocycles. The lowest BCUT2D eigenvalue weighted by Crippen LogP contribution is -2.54. The standard InChI is InChI=1S/C23H20ClN3O6/c1-10(28)19-17-18(23(26-19)13-7-12(24)3-4-14(13)25-22(23)31)21(30)27(20(17)29)8-11-2-5-15-16(6-11)33-9-32-15/h2-7,10,17-19,26,28H,8-9H2,1H3,(H,25,31)/t10?,17-,18-,19?,23?/m0/s1. The molecule has 1 spiro atoms. The highest BCUT2D eigenvalue weighted by Crippen LogP contribution is 2.54. The fourth-order valence-electron chi connectivity index (χ4n) is 5.56. The SMILES string of the molecule is CC(O)C1NC2(C(=O)Nc3ccc(Cl)cc32)[C@@H]2C(=O)N(Cc3ccc4c(c3)OCO4)C(=O)[C@H]12. The quantitative estimate of drug-likeness (QED) is 0.581. The summed E-state index contributed by atoms with van der Waals surface area (Å²) in [5, 5.41) is 16.8. The molecular weight excluding hydrogens is 450 g/mol. The van der Waals surface area contributed by atoms with Gasteiger partial charge in [-0.05, 0) is 42.8 Å². The number of benzene rings is 2. The van der Waals surface area contributed by atoms with Gasteiger partial charge in [-0.3, -0.25) is 24.6 Å². The number of rotatable bonds is 3. The zero-order valence-corrected chi connectivity index (χ0v) is 18.3. The number of carbonyl (C=O) groups excluding carboxylic acids is 3. The molecule has 4 heterocycles. The number of aliphatic hydroxyl groups excluding tert-OH is 1. The molecule has 0 bridgehead atoms. The van der Waals surface area contributed by atoms with Crippen molar-refractivity contribution < 1.29 is 29.0 Å². The van der Waals surface area contributed by atoms with Crippen LogP contribution in [0.25, 0.3) is 0 Å². The van der Waals surface area contributed by atoms with E-state index in [2.05, 4.69) is 10.6 Å². The third-order valence-electron chi connectivity index (χ3n) is 7.00. The first kappa shape index (κ1) is 20.5. The van der Waals surface area contributed by atoms with E-state index in [0.717, 1.165) is 0 Å². The van der Waals surface area contributed by atoms with Crippen molar-refractivity contribution in [1.29, 1.82) is 0 Å². The van der Waals surface area contributed by atoms with Crippen molar-refractivity contribution in [3.63, 3.8) is 0 Å². The Kier molecular flexibility index (Phi) is 4.30. The fraction of sp³-hybridized carbons (Fsp3) is 0.348. The highest BCUT2D eigenvalue weighted by molar-refractivity contribution is 6.31. The Morgan fingerprint density at radius 3 is 2.73 bits per heavy atom. The summed E-state index contributed by atoms with van der Waals surface area (Å²) < 4.78 is 10.7. The second kappa shape index (κ2) is 6.93. The van der Waals surface area contributed by atoms with Gasteiger partial charge < -0.3 is 19.9 Å². The normalized spacial score (nSPS) is 30.1. The first-order valence-electron chi connectivity index (χ1n) is 10.6. The van der Waals surface area contributed by atoms with Gasteiger partial charge in [-0.1, -0.05) is 17.7 Å². The van der Waals surface area contributed by atoms with Crippen molar-refractivity contribution in [2.24, 2.45) is 11.8 Å². The maximum absolute atomic E-state index is 13.7. The number of imide groups is 1. The number of anilines is 1. The van der Waals surface area contributed by atoms with E-state index in [-0.39, 0.29) is 13.3 Å². The summed E-state index contributed by atoms with van der Waals surface area (Å²) in [6.07, 6.45) is -0.977. The van der Waals surface area contributed by atoms with Gasteiger partial charge in [0.1, 0.15) is 5.54 Å². The van der Waals surface area contributed by atoms with Gasteiger partial charge in [0.25, 0.3) is 0 Å². The third kappa shape index (κ3) is 2.70. The van der Waals surface area contributed by atoms with Gasteiger partial charge in [0, 0.05) is 22.3 Å². The molecule has 2 fully saturated rings. The largest absolute Gasteiger partial charge is 0.454 e. The number of hydrogen-bond donors (Lipinski definition) is 3. The second-order valence-electron chi connectivity index (χ2n) is 8.82. The van der Waals surface area contributed by atoms with Crippen molar-refractivity contribution in [1.82, 2.24) is 10.2 Å². The van der Waals surface area contributed by atoms with Crippen molar-refractivity contribution in [3.8, 4) is 11.5 Å². The van der Waals surface area contributed by atoms with Crippen molar-refractivity contribution >= 4 is 35.0 Å². The number of aliphatic hydroxyl groups is 1.